The third-order valence-corrected chi connectivity index (χ3v) is 2.78. The van der Waals surface area contributed by atoms with E-state index in [1.807, 2.05) is 0 Å². The van der Waals surface area contributed by atoms with Gasteiger partial charge in [0.2, 0.25) is 5.91 Å². The molecule has 116 valence electrons. The second-order valence-electron chi connectivity index (χ2n) is 4.21. The van der Waals surface area contributed by atoms with Crippen molar-refractivity contribution in [2.75, 3.05) is 27.9 Å². The molecule has 0 aromatic heterocycles. The van der Waals surface area contributed by atoms with Crippen LogP contribution in [0.1, 0.15) is 5.56 Å². The topological polar surface area (TPSA) is 94.1 Å². The molecule has 0 aliphatic rings. The quantitative estimate of drug-likeness (QED) is 0.682. The molecule has 2 N–H and O–H groups in total. The summed E-state index contributed by atoms with van der Waals surface area (Å²) in [5.74, 6) is -0.0215. The maximum Gasteiger partial charge on any atom is 0.336 e. The van der Waals surface area contributed by atoms with Gasteiger partial charge in [0.25, 0.3) is 0 Å². The molecule has 1 amide bonds. The molecule has 1 rings (SSSR count). The first kappa shape index (κ1) is 16.8. The Morgan fingerprint density at radius 2 is 1.86 bits per heavy atom. The zero-order valence-corrected chi connectivity index (χ0v) is 12.2. The first-order valence-electron chi connectivity index (χ1n) is 6.25. The smallest absolute Gasteiger partial charge is 0.336 e. The number of ether oxygens (including phenoxy) is 3. The van der Waals surface area contributed by atoms with E-state index in [-0.39, 0.29) is 18.9 Å². The molecule has 7 nitrogen and oxygen atoms in total. The van der Waals surface area contributed by atoms with Crippen molar-refractivity contribution >= 4 is 11.9 Å². The van der Waals surface area contributed by atoms with E-state index in [0.717, 1.165) is 12.7 Å². The van der Waals surface area contributed by atoms with Crippen LogP contribution in [-0.4, -0.2) is 51.0 Å². The number of aliphatic hydroxyl groups is 1. The normalized spacial score (nSPS) is 11.4. The standard InChI is InChI=1S/C14H19NO6/c1-19-11-5-4-9(6-12(11)20-2)7-13(17)15-8-10(16)14(18)21-3/h4-6,10,16H,7-8H2,1-3H3,(H,15,17). The predicted octanol–water partition coefficient (Wildman–Crippen LogP) is -0.104. The van der Waals surface area contributed by atoms with E-state index in [4.69, 9.17) is 9.47 Å². The monoisotopic (exact) mass is 297 g/mol. The number of carbonyl (C=O) groups excluding carboxylic acids is 2. The lowest BCUT2D eigenvalue weighted by Gasteiger charge is -2.11. The number of aliphatic hydroxyl groups excluding tert-OH is 1. The van der Waals surface area contributed by atoms with E-state index in [1.165, 1.54) is 14.2 Å². The molecule has 21 heavy (non-hydrogen) atoms. The van der Waals surface area contributed by atoms with Gasteiger partial charge in [-0.1, -0.05) is 6.07 Å². The Morgan fingerprint density at radius 3 is 2.43 bits per heavy atom. The van der Waals surface area contributed by atoms with E-state index in [0.29, 0.717) is 11.5 Å². The molecule has 0 fully saturated rings. The first-order chi connectivity index (χ1) is 10.0. The molecule has 0 bridgehead atoms. The lowest BCUT2D eigenvalue weighted by Crippen LogP contribution is -2.37. The number of benzene rings is 1. The van der Waals surface area contributed by atoms with Crippen molar-refractivity contribution in [1.29, 1.82) is 0 Å². The number of rotatable bonds is 7. The van der Waals surface area contributed by atoms with Crippen molar-refractivity contribution < 1.29 is 28.9 Å². The summed E-state index contributed by atoms with van der Waals surface area (Å²) < 4.78 is 14.6. The van der Waals surface area contributed by atoms with Gasteiger partial charge in [0.15, 0.2) is 17.6 Å². The van der Waals surface area contributed by atoms with Crippen molar-refractivity contribution in [2.24, 2.45) is 0 Å². The number of hydrogen-bond acceptors (Lipinski definition) is 6. The van der Waals surface area contributed by atoms with E-state index in [2.05, 4.69) is 10.1 Å². The van der Waals surface area contributed by atoms with Crippen LogP contribution in [0, 0.1) is 0 Å². The maximum atomic E-state index is 11.7. The highest BCUT2D eigenvalue weighted by Gasteiger charge is 2.16. The summed E-state index contributed by atoms with van der Waals surface area (Å²) in [7, 11) is 4.20. The highest BCUT2D eigenvalue weighted by atomic mass is 16.5. The average molecular weight is 297 g/mol. The molecule has 0 aliphatic heterocycles. The Balaban J connectivity index is 2.57. The molecule has 1 unspecified atom stereocenters. The number of hydrogen-bond donors (Lipinski definition) is 2. The minimum Gasteiger partial charge on any atom is -0.493 e. The lowest BCUT2D eigenvalue weighted by atomic mass is 10.1. The van der Waals surface area contributed by atoms with Crippen LogP contribution in [0.4, 0.5) is 0 Å². The van der Waals surface area contributed by atoms with Crippen LogP contribution >= 0.6 is 0 Å². The van der Waals surface area contributed by atoms with Gasteiger partial charge in [0.1, 0.15) is 0 Å². The Morgan fingerprint density at radius 1 is 1.19 bits per heavy atom. The Kier molecular flexibility index (Phi) is 6.48. The van der Waals surface area contributed by atoms with Gasteiger partial charge in [0, 0.05) is 0 Å². The summed E-state index contributed by atoms with van der Waals surface area (Å²) in [6.45, 7) is -0.196. The molecular weight excluding hydrogens is 278 g/mol. The SMILES string of the molecule is COC(=O)C(O)CNC(=O)Cc1ccc(OC)c(OC)c1. The molecule has 0 spiro atoms. The third-order valence-electron chi connectivity index (χ3n) is 2.78. The zero-order chi connectivity index (χ0) is 15.8. The largest absolute Gasteiger partial charge is 0.493 e. The Bertz CT molecular complexity index is 502. The first-order valence-corrected chi connectivity index (χ1v) is 6.25. The molecule has 0 aliphatic carbocycles. The zero-order valence-electron chi connectivity index (χ0n) is 12.2. The fourth-order valence-corrected chi connectivity index (χ4v) is 1.67. The van der Waals surface area contributed by atoms with E-state index in [9.17, 15) is 14.7 Å². The fourth-order valence-electron chi connectivity index (χ4n) is 1.67. The van der Waals surface area contributed by atoms with Crippen molar-refractivity contribution in [3.05, 3.63) is 23.8 Å². The van der Waals surface area contributed by atoms with Crippen molar-refractivity contribution in [3.63, 3.8) is 0 Å². The molecule has 0 radical (unpaired) electrons. The highest BCUT2D eigenvalue weighted by molar-refractivity contribution is 5.80. The molecule has 0 saturated heterocycles. The van der Waals surface area contributed by atoms with Crippen LogP contribution in [0.2, 0.25) is 0 Å². The van der Waals surface area contributed by atoms with Crippen LogP contribution in [0.25, 0.3) is 0 Å². The average Bonchev–Trinajstić information content (AvgIpc) is 2.51. The molecule has 1 aromatic rings. The van der Waals surface area contributed by atoms with Crippen LogP contribution in [0.3, 0.4) is 0 Å². The lowest BCUT2D eigenvalue weighted by molar-refractivity contribution is -0.150. The maximum absolute atomic E-state index is 11.7. The van der Waals surface area contributed by atoms with Crippen LogP contribution in [-0.2, 0) is 20.7 Å². The van der Waals surface area contributed by atoms with Gasteiger partial charge in [-0.2, -0.15) is 0 Å². The van der Waals surface area contributed by atoms with Gasteiger partial charge in [-0.05, 0) is 17.7 Å². The van der Waals surface area contributed by atoms with Gasteiger partial charge in [-0.25, -0.2) is 4.79 Å². The summed E-state index contributed by atoms with van der Waals surface area (Å²) in [5.41, 5.74) is 0.720. The molecule has 0 saturated carbocycles. The van der Waals surface area contributed by atoms with Gasteiger partial charge >= 0.3 is 5.97 Å². The van der Waals surface area contributed by atoms with Crippen molar-refractivity contribution in [1.82, 2.24) is 5.32 Å². The van der Waals surface area contributed by atoms with Crippen LogP contribution < -0.4 is 14.8 Å². The summed E-state index contributed by atoms with van der Waals surface area (Å²) in [6, 6.07) is 5.12. The summed E-state index contributed by atoms with van der Waals surface area (Å²) in [4.78, 5) is 22.7. The number of amides is 1. The van der Waals surface area contributed by atoms with Crippen molar-refractivity contribution in [2.45, 2.75) is 12.5 Å². The minimum atomic E-state index is -1.37. The van der Waals surface area contributed by atoms with E-state index < -0.39 is 12.1 Å². The minimum absolute atomic E-state index is 0.0915. The molecule has 1 atom stereocenters. The number of carbonyl (C=O) groups is 2. The fraction of sp³-hybridized carbons (Fsp3) is 0.429. The molecule has 7 heteroatoms. The molecule has 1 aromatic carbocycles. The Labute approximate surface area is 122 Å². The second kappa shape index (κ2) is 8.11. The summed E-state index contributed by atoms with van der Waals surface area (Å²) >= 11 is 0. The highest BCUT2D eigenvalue weighted by Crippen LogP contribution is 2.27. The van der Waals surface area contributed by atoms with Crippen LogP contribution in [0.15, 0.2) is 18.2 Å². The summed E-state index contributed by atoms with van der Waals surface area (Å²) in [5, 5.41) is 11.8. The number of nitrogens with one attached hydrogen (secondary N) is 1. The third kappa shape index (κ3) is 4.96. The van der Waals surface area contributed by atoms with Gasteiger partial charge in [-0.15, -0.1) is 0 Å². The van der Waals surface area contributed by atoms with Gasteiger partial charge in [-0.3, -0.25) is 4.79 Å². The second-order valence-corrected chi connectivity index (χ2v) is 4.21. The van der Waals surface area contributed by atoms with E-state index >= 15 is 0 Å². The van der Waals surface area contributed by atoms with Gasteiger partial charge < -0.3 is 24.6 Å². The van der Waals surface area contributed by atoms with E-state index in [1.54, 1.807) is 18.2 Å². The molecular formula is C14H19NO6. The number of methoxy groups -OCH3 is 3. The van der Waals surface area contributed by atoms with Crippen LogP contribution in [0.5, 0.6) is 11.5 Å². The van der Waals surface area contributed by atoms with Gasteiger partial charge in [0.05, 0.1) is 34.3 Å². The Hall–Kier alpha value is -2.28. The molecule has 0 heterocycles. The summed E-state index contributed by atoms with van der Waals surface area (Å²) in [6.07, 6.45) is -1.28. The van der Waals surface area contributed by atoms with Crippen molar-refractivity contribution in [3.8, 4) is 11.5 Å². The number of esters is 1. The predicted molar refractivity (Wildman–Crippen MR) is 74.3 cm³/mol.